The average molecular weight is 591 g/mol. The number of hydrogen-bond acceptors (Lipinski definition) is 6. The van der Waals surface area contributed by atoms with Gasteiger partial charge in [0, 0.05) is 6.42 Å². The summed E-state index contributed by atoms with van der Waals surface area (Å²) in [6, 6.07) is -0.874. The quantitative estimate of drug-likeness (QED) is 0.0457. The van der Waals surface area contributed by atoms with Crippen LogP contribution in [-0.2, 0) is 18.4 Å². The smallest absolute Gasteiger partial charge is 0.268 e. The van der Waals surface area contributed by atoms with Gasteiger partial charge in [-0.2, -0.15) is 0 Å². The second-order valence-electron chi connectivity index (χ2n) is 12.2. The Morgan fingerprint density at radius 2 is 1.35 bits per heavy atom. The van der Waals surface area contributed by atoms with Gasteiger partial charge < -0.3 is 28.8 Å². The minimum absolute atomic E-state index is 0.000802. The zero-order valence-corrected chi connectivity index (χ0v) is 27.4. The molecular formula is C31H63N2O6P. The Bertz CT molecular complexity index is 683. The molecule has 0 fully saturated rings. The van der Waals surface area contributed by atoms with Gasteiger partial charge in [-0.15, -0.1) is 0 Å². The Hall–Kier alpha value is -0.760. The van der Waals surface area contributed by atoms with Crippen LogP contribution in [0.4, 0.5) is 0 Å². The number of likely N-dealkylation sites (N-methyl/N-ethyl adjacent to an activating group) is 1. The number of nitrogens with zero attached hydrogens (tertiary/aromatic N) is 1. The Morgan fingerprint density at radius 3 is 1.88 bits per heavy atom. The van der Waals surface area contributed by atoms with Gasteiger partial charge in [-0.25, -0.2) is 0 Å². The van der Waals surface area contributed by atoms with E-state index in [9.17, 15) is 19.4 Å². The van der Waals surface area contributed by atoms with Crippen molar-refractivity contribution in [1.29, 1.82) is 0 Å². The number of phosphoric ester groups is 1. The number of phosphoric acid groups is 1. The topological polar surface area (TPSA) is 108 Å². The van der Waals surface area contributed by atoms with Crippen molar-refractivity contribution in [2.75, 3.05) is 40.9 Å². The molecule has 0 bridgehead atoms. The van der Waals surface area contributed by atoms with Gasteiger partial charge in [-0.05, 0) is 19.3 Å². The number of unbranched alkanes of at least 4 members (excludes halogenated alkanes) is 15. The van der Waals surface area contributed by atoms with Crippen LogP contribution >= 0.6 is 7.82 Å². The van der Waals surface area contributed by atoms with E-state index in [4.69, 9.17) is 9.05 Å². The standard InChI is InChI=1S/C31H63N2O6P/c1-6-8-10-12-14-16-17-18-20-22-24-30(34)29(28-39-40(36,37)38-27-26-33(3,4)5)32-31(35)25-23-21-19-15-13-11-9-7-2/h22,24,29-30,34H,6-21,23,25-28H2,1-5H3,(H-,32,35,36,37)/b24-22+/t29-,30+/m0/s1. The van der Waals surface area contributed by atoms with Crippen molar-refractivity contribution in [1.82, 2.24) is 5.32 Å². The zero-order valence-electron chi connectivity index (χ0n) is 26.5. The SMILES string of the molecule is CCCCCCCCCC/C=C/[C@@H](O)[C@H](COP(=O)([O-])OCC[N+](C)(C)C)NC(=O)CCCCCCCCCC. The fourth-order valence-corrected chi connectivity index (χ4v) is 5.05. The van der Waals surface area contributed by atoms with E-state index in [1.54, 1.807) is 6.08 Å². The lowest BCUT2D eigenvalue weighted by Gasteiger charge is -2.29. The molecular weight excluding hydrogens is 527 g/mol. The summed E-state index contributed by atoms with van der Waals surface area (Å²) in [5.74, 6) is -0.207. The zero-order chi connectivity index (χ0) is 30.1. The largest absolute Gasteiger partial charge is 0.756 e. The molecule has 40 heavy (non-hydrogen) atoms. The predicted octanol–water partition coefficient (Wildman–Crippen LogP) is 6.66. The number of quaternary nitrogens is 1. The number of carbonyl (C=O) groups is 1. The molecule has 8 nitrogen and oxygen atoms in total. The molecule has 0 spiro atoms. The van der Waals surface area contributed by atoms with Crippen LogP contribution in [0.1, 0.15) is 129 Å². The Labute approximate surface area is 246 Å². The lowest BCUT2D eigenvalue weighted by atomic mass is 10.1. The van der Waals surface area contributed by atoms with Gasteiger partial charge in [0.25, 0.3) is 7.82 Å². The van der Waals surface area contributed by atoms with Crippen molar-refractivity contribution in [3.63, 3.8) is 0 Å². The minimum atomic E-state index is -4.56. The van der Waals surface area contributed by atoms with Crippen LogP contribution in [-0.4, -0.2) is 68.5 Å². The van der Waals surface area contributed by atoms with E-state index in [0.29, 0.717) is 17.4 Å². The number of amides is 1. The molecule has 0 aliphatic heterocycles. The number of aliphatic hydroxyl groups is 1. The first-order valence-electron chi connectivity index (χ1n) is 16.1. The summed E-state index contributed by atoms with van der Waals surface area (Å²) < 4.78 is 22.9. The molecule has 0 heterocycles. The summed E-state index contributed by atoms with van der Waals surface area (Å²) in [7, 11) is 1.26. The molecule has 1 unspecified atom stereocenters. The Kier molecular flexibility index (Phi) is 24.3. The minimum Gasteiger partial charge on any atom is -0.756 e. The van der Waals surface area contributed by atoms with Crippen LogP contribution in [0.5, 0.6) is 0 Å². The number of rotatable bonds is 28. The highest BCUT2D eigenvalue weighted by Crippen LogP contribution is 2.38. The van der Waals surface area contributed by atoms with Crippen molar-refractivity contribution in [3.05, 3.63) is 12.2 Å². The van der Waals surface area contributed by atoms with Gasteiger partial charge in [0.05, 0.1) is 39.9 Å². The summed E-state index contributed by atoms with van der Waals surface area (Å²) in [6.45, 7) is 4.55. The summed E-state index contributed by atoms with van der Waals surface area (Å²) in [6.07, 6.45) is 22.6. The van der Waals surface area contributed by atoms with Gasteiger partial charge in [0.1, 0.15) is 13.2 Å². The maximum absolute atomic E-state index is 12.6. The molecule has 0 saturated heterocycles. The molecule has 0 aliphatic carbocycles. The van der Waals surface area contributed by atoms with Crippen molar-refractivity contribution in [2.45, 2.75) is 142 Å². The predicted molar refractivity (Wildman–Crippen MR) is 164 cm³/mol. The van der Waals surface area contributed by atoms with Crippen LogP contribution in [0.25, 0.3) is 0 Å². The average Bonchev–Trinajstić information content (AvgIpc) is 2.88. The molecule has 0 aromatic rings. The van der Waals surface area contributed by atoms with E-state index in [-0.39, 0.29) is 19.1 Å². The maximum atomic E-state index is 12.6. The normalized spacial score (nSPS) is 15.3. The van der Waals surface area contributed by atoms with E-state index in [2.05, 4.69) is 19.2 Å². The third-order valence-electron chi connectivity index (χ3n) is 7.00. The number of carbonyl (C=O) groups excluding carboxylic acids is 1. The highest BCUT2D eigenvalue weighted by molar-refractivity contribution is 7.45. The van der Waals surface area contributed by atoms with Crippen LogP contribution in [0, 0.1) is 0 Å². The molecule has 238 valence electrons. The molecule has 0 radical (unpaired) electrons. The van der Waals surface area contributed by atoms with Crippen molar-refractivity contribution < 1.29 is 32.9 Å². The molecule has 0 aliphatic rings. The van der Waals surface area contributed by atoms with Crippen LogP contribution in [0.15, 0.2) is 12.2 Å². The fraction of sp³-hybridized carbons (Fsp3) is 0.903. The summed E-state index contributed by atoms with van der Waals surface area (Å²) >= 11 is 0. The number of allylic oxidation sites excluding steroid dienone is 1. The van der Waals surface area contributed by atoms with Crippen molar-refractivity contribution >= 4 is 13.7 Å². The number of nitrogens with one attached hydrogen (secondary N) is 1. The fourth-order valence-electron chi connectivity index (χ4n) is 4.33. The van der Waals surface area contributed by atoms with Crippen molar-refractivity contribution in [2.24, 2.45) is 0 Å². The van der Waals surface area contributed by atoms with Gasteiger partial charge in [-0.1, -0.05) is 116 Å². The molecule has 2 N–H and O–H groups in total. The highest BCUT2D eigenvalue weighted by Gasteiger charge is 2.23. The number of hydrogen-bond donors (Lipinski definition) is 2. The first kappa shape index (κ1) is 39.2. The Morgan fingerprint density at radius 1 is 0.850 bits per heavy atom. The molecule has 0 aromatic carbocycles. The summed E-state index contributed by atoms with van der Waals surface area (Å²) in [5.41, 5.74) is 0. The Balaban J connectivity index is 4.67. The van der Waals surface area contributed by atoms with Gasteiger partial charge in [0.2, 0.25) is 5.91 Å². The molecule has 9 heteroatoms. The van der Waals surface area contributed by atoms with Gasteiger partial charge >= 0.3 is 0 Å². The van der Waals surface area contributed by atoms with E-state index < -0.39 is 20.0 Å². The van der Waals surface area contributed by atoms with E-state index in [1.165, 1.54) is 70.6 Å². The molecule has 3 atom stereocenters. The van der Waals surface area contributed by atoms with Crippen molar-refractivity contribution in [3.8, 4) is 0 Å². The molecule has 0 rings (SSSR count). The van der Waals surface area contributed by atoms with Crippen LogP contribution < -0.4 is 10.2 Å². The lowest BCUT2D eigenvalue weighted by molar-refractivity contribution is -0.870. The molecule has 0 aromatic heterocycles. The first-order chi connectivity index (χ1) is 19.0. The second-order valence-corrected chi connectivity index (χ2v) is 13.6. The number of aliphatic hydroxyl groups excluding tert-OH is 1. The van der Waals surface area contributed by atoms with E-state index in [0.717, 1.165) is 38.5 Å². The highest BCUT2D eigenvalue weighted by atomic mass is 31.2. The lowest BCUT2D eigenvalue weighted by Crippen LogP contribution is -2.45. The van der Waals surface area contributed by atoms with E-state index in [1.807, 2.05) is 27.2 Å². The van der Waals surface area contributed by atoms with Crippen LogP contribution in [0.3, 0.4) is 0 Å². The third kappa shape index (κ3) is 26.2. The molecule has 1 amide bonds. The van der Waals surface area contributed by atoms with Crippen LogP contribution in [0.2, 0.25) is 0 Å². The second kappa shape index (κ2) is 24.8. The van der Waals surface area contributed by atoms with Gasteiger partial charge in [0.15, 0.2) is 0 Å². The first-order valence-corrected chi connectivity index (χ1v) is 17.5. The van der Waals surface area contributed by atoms with E-state index >= 15 is 0 Å². The third-order valence-corrected chi connectivity index (χ3v) is 7.96. The molecule has 0 saturated carbocycles. The summed E-state index contributed by atoms with van der Waals surface area (Å²) in [5, 5.41) is 13.5. The summed E-state index contributed by atoms with van der Waals surface area (Å²) in [4.78, 5) is 24.9. The monoisotopic (exact) mass is 590 g/mol. The maximum Gasteiger partial charge on any atom is 0.268 e. The van der Waals surface area contributed by atoms with Gasteiger partial charge in [-0.3, -0.25) is 9.36 Å².